The standard InChI is InChI=1S/C9H14F5NO4S/c1-3-6(2)7(16)19-5-4-15-20(17,18)9(13,14)8(10,11)12/h6,15H,3-5H2,1-2H3. The molecule has 11 heteroatoms. The lowest BCUT2D eigenvalue weighted by atomic mass is 10.1. The van der Waals surface area contributed by atoms with Gasteiger partial charge in [-0.2, -0.15) is 22.0 Å². The molecule has 20 heavy (non-hydrogen) atoms. The molecule has 1 N–H and O–H groups in total. The van der Waals surface area contributed by atoms with Gasteiger partial charge in [-0.05, 0) is 6.42 Å². The number of nitrogens with one attached hydrogen (secondary N) is 1. The zero-order chi connectivity index (χ0) is 16.2. The monoisotopic (exact) mass is 327 g/mol. The largest absolute Gasteiger partial charge is 0.470 e. The summed E-state index contributed by atoms with van der Waals surface area (Å²) in [6.45, 7) is 1.68. The van der Waals surface area contributed by atoms with Crippen molar-refractivity contribution in [2.45, 2.75) is 31.7 Å². The van der Waals surface area contributed by atoms with E-state index in [1.54, 1.807) is 6.92 Å². The first-order valence-electron chi connectivity index (χ1n) is 5.47. The summed E-state index contributed by atoms with van der Waals surface area (Å²) in [6, 6.07) is 0. The minimum atomic E-state index is -6.23. The number of rotatable bonds is 7. The molecule has 0 saturated carbocycles. The van der Waals surface area contributed by atoms with Crippen molar-refractivity contribution in [3.63, 3.8) is 0 Å². The number of ether oxygens (including phenoxy) is 1. The van der Waals surface area contributed by atoms with E-state index < -0.39 is 46.5 Å². The van der Waals surface area contributed by atoms with E-state index in [1.165, 1.54) is 6.92 Å². The summed E-state index contributed by atoms with van der Waals surface area (Å²) in [5.41, 5.74) is 0. The Kier molecular flexibility index (Phi) is 6.33. The van der Waals surface area contributed by atoms with Crippen molar-refractivity contribution in [1.82, 2.24) is 4.72 Å². The minimum Gasteiger partial charge on any atom is -0.464 e. The van der Waals surface area contributed by atoms with Crippen LogP contribution in [0.1, 0.15) is 20.3 Å². The van der Waals surface area contributed by atoms with Crippen molar-refractivity contribution in [2.75, 3.05) is 13.2 Å². The van der Waals surface area contributed by atoms with Crippen molar-refractivity contribution in [3.8, 4) is 0 Å². The predicted molar refractivity (Wildman–Crippen MR) is 58.3 cm³/mol. The van der Waals surface area contributed by atoms with E-state index in [0.29, 0.717) is 6.42 Å². The highest BCUT2D eigenvalue weighted by atomic mass is 32.2. The van der Waals surface area contributed by atoms with Gasteiger partial charge in [-0.15, -0.1) is 0 Å². The quantitative estimate of drug-likeness (QED) is 0.438. The van der Waals surface area contributed by atoms with Gasteiger partial charge in [0.2, 0.25) is 0 Å². The van der Waals surface area contributed by atoms with Gasteiger partial charge in [0, 0.05) is 6.54 Å². The molecule has 0 aromatic rings. The second kappa shape index (κ2) is 6.66. The molecule has 0 spiro atoms. The molecule has 0 rings (SSSR count). The molecular weight excluding hydrogens is 313 g/mol. The Morgan fingerprint density at radius 1 is 1.25 bits per heavy atom. The smallest absolute Gasteiger partial charge is 0.464 e. The maximum atomic E-state index is 12.6. The predicted octanol–water partition coefficient (Wildman–Crippen LogP) is 1.65. The van der Waals surface area contributed by atoms with Gasteiger partial charge >= 0.3 is 17.4 Å². The molecule has 5 nitrogen and oxygen atoms in total. The summed E-state index contributed by atoms with van der Waals surface area (Å²) >= 11 is 0. The molecule has 0 amide bonds. The fraction of sp³-hybridized carbons (Fsp3) is 0.889. The van der Waals surface area contributed by atoms with E-state index in [1.807, 2.05) is 0 Å². The maximum Gasteiger partial charge on any atom is 0.470 e. The zero-order valence-corrected chi connectivity index (χ0v) is 11.4. The Balaban J connectivity index is 4.43. The average molecular weight is 327 g/mol. The summed E-state index contributed by atoms with van der Waals surface area (Å²) < 4.78 is 87.9. The highest BCUT2D eigenvalue weighted by Crippen LogP contribution is 2.39. The number of esters is 1. The summed E-state index contributed by atoms with van der Waals surface area (Å²) in [5, 5.41) is -5.92. The highest BCUT2D eigenvalue weighted by Gasteiger charge is 2.67. The number of hydrogen-bond donors (Lipinski definition) is 1. The number of halogens is 5. The third-order valence-electron chi connectivity index (χ3n) is 2.32. The molecular formula is C9H14F5NO4S. The van der Waals surface area contributed by atoms with Crippen molar-refractivity contribution >= 4 is 16.0 Å². The number of sulfonamides is 1. The van der Waals surface area contributed by atoms with Gasteiger partial charge in [-0.1, -0.05) is 13.8 Å². The first-order valence-corrected chi connectivity index (χ1v) is 6.95. The zero-order valence-electron chi connectivity index (χ0n) is 10.6. The van der Waals surface area contributed by atoms with Crippen LogP contribution in [0, 0.1) is 5.92 Å². The van der Waals surface area contributed by atoms with Crippen molar-refractivity contribution in [2.24, 2.45) is 5.92 Å². The molecule has 0 aliphatic carbocycles. The fourth-order valence-electron chi connectivity index (χ4n) is 0.880. The van der Waals surface area contributed by atoms with Gasteiger partial charge in [0.05, 0.1) is 5.92 Å². The number of alkyl halides is 5. The van der Waals surface area contributed by atoms with E-state index >= 15 is 0 Å². The van der Waals surface area contributed by atoms with Crippen LogP contribution in [0.4, 0.5) is 22.0 Å². The van der Waals surface area contributed by atoms with Crippen LogP contribution >= 0.6 is 0 Å². The molecule has 1 unspecified atom stereocenters. The number of hydrogen-bond acceptors (Lipinski definition) is 4. The van der Waals surface area contributed by atoms with E-state index in [9.17, 15) is 35.2 Å². The molecule has 0 aromatic heterocycles. The Labute approximate surface area is 112 Å². The van der Waals surface area contributed by atoms with E-state index in [0.717, 1.165) is 4.72 Å². The lowest BCUT2D eigenvalue weighted by Crippen LogP contribution is -2.50. The molecule has 0 aliphatic rings. The summed E-state index contributed by atoms with van der Waals surface area (Å²) in [7, 11) is -5.94. The SMILES string of the molecule is CCC(C)C(=O)OCCNS(=O)(=O)C(F)(F)C(F)(F)F. The lowest BCUT2D eigenvalue weighted by Gasteiger charge is -2.19. The Morgan fingerprint density at radius 2 is 1.75 bits per heavy atom. The van der Waals surface area contributed by atoms with Crippen LogP contribution in [-0.4, -0.2) is 39.0 Å². The Hall–Kier alpha value is -0.970. The highest BCUT2D eigenvalue weighted by molar-refractivity contribution is 7.90. The van der Waals surface area contributed by atoms with Gasteiger partial charge in [0.25, 0.3) is 10.0 Å². The van der Waals surface area contributed by atoms with Crippen LogP contribution < -0.4 is 4.72 Å². The van der Waals surface area contributed by atoms with Gasteiger partial charge < -0.3 is 4.74 Å². The second-order valence-electron chi connectivity index (χ2n) is 3.89. The summed E-state index contributed by atoms with van der Waals surface area (Å²) in [4.78, 5) is 11.1. The van der Waals surface area contributed by atoms with Crippen LogP contribution in [0.15, 0.2) is 0 Å². The third kappa shape index (κ3) is 4.54. The van der Waals surface area contributed by atoms with Crippen LogP contribution in [0.3, 0.4) is 0 Å². The van der Waals surface area contributed by atoms with Crippen LogP contribution in [0.2, 0.25) is 0 Å². The average Bonchev–Trinajstić information content (AvgIpc) is 2.31. The van der Waals surface area contributed by atoms with E-state index in [2.05, 4.69) is 4.74 Å². The fourth-order valence-corrected chi connectivity index (χ4v) is 1.72. The summed E-state index contributed by atoms with van der Waals surface area (Å²) in [6.07, 6.45) is -5.79. The molecule has 0 heterocycles. The molecule has 0 fully saturated rings. The molecule has 0 aliphatic heterocycles. The topological polar surface area (TPSA) is 72.5 Å². The number of carbonyl (C=O) groups is 1. The first-order chi connectivity index (χ1) is 8.87. The molecule has 0 saturated heterocycles. The van der Waals surface area contributed by atoms with Gasteiger partial charge in [0.15, 0.2) is 0 Å². The van der Waals surface area contributed by atoms with E-state index in [4.69, 9.17) is 0 Å². The number of carbonyl (C=O) groups excluding carboxylic acids is 1. The van der Waals surface area contributed by atoms with E-state index in [-0.39, 0.29) is 0 Å². The molecule has 0 radical (unpaired) electrons. The lowest BCUT2D eigenvalue weighted by molar-refractivity contribution is -0.241. The minimum absolute atomic E-state index is 0.441. The Bertz CT molecular complexity index is 434. The van der Waals surface area contributed by atoms with Gasteiger partial charge in [0.1, 0.15) is 6.61 Å². The van der Waals surface area contributed by atoms with Crippen molar-refractivity contribution < 1.29 is 39.9 Å². The third-order valence-corrected chi connectivity index (χ3v) is 3.81. The molecule has 120 valence electrons. The summed E-state index contributed by atoms with van der Waals surface area (Å²) in [5.74, 6) is -1.18. The van der Waals surface area contributed by atoms with Crippen molar-refractivity contribution in [1.29, 1.82) is 0 Å². The van der Waals surface area contributed by atoms with Gasteiger partial charge in [-0.3, -0.25) is 4.79 Å². The second-order valence-corrected chi connectivity index (χ2v) is 5.70. The van der Waals surface area contributed by atoms with Crippen LogP contribution in [0.5, 0.6) is 0 Å². The molecule has 0 aromatic carbocycles. The normalized spacial score (nSPS) is 14.9. The van der Waals surface area contributed by atoms with Gasteiger partial charge in [-0.25, -0.2) is 13.1 Å². The molecule has 1 atom stereocenters. The first kappa shape index (κ1) is 19.0. The maximum absolute atomic E-state index is 12.6. The molecule has 0 bridgehead atoms. The van der Waals surface area contributed by atoms with Crippen molar-refractivity contribution in [3.05, 3.63) is 0 Å². The Morgan fingerprint density at radius 3 is 2.15 bits per heavy atom. The van der Waals surface area contributed by atoms with Crippen LogP contribution in [-0.2, 0) is 19.6 Å². The van der Waals surface area contributed by atoms with Crippen LogP contribution in [0.25, 0.3) is 0 Å².